The van der Waals surface area contributed by atoms with Gasteiger partial charge in [0, 0.05) is 25.2 Å². The van der Waals surface area contributed by atoms with Crippen molar-refractivity contribution in [2.24, 2.45) is 0 Å². The molecule has 1 aliphatic heterocycles. The van der Waals surface area contributed by atoms with E-state index in [2.05, 4.69) is 32.5 Å². The Morgan fingerprint density at radius 3 is 2.94 bits per heavy atom. The lowest BCUT2D eigenvalue weighted by atomic mass is 10.1. The number of hydrogen-bond acceptors (Lipinski definition) is 5. The van der Waals surface area contributed by atoms with Crippen molar-refractivity contribution in [3.8, 4) is 0 Å². The molecule has 1 aromatic heterocycles. The first kappa shape index (κ1) is 12.8. The average molecular weight is 247 g/mol. The predicted octanol–water partition coefficient (Wildman–Crippen LogP) is 1.63. The minimum Gasteiger partial charge on any atom is -0.370 e. The van der Waals surface area contributed by atoms with Gasteiger partial charge in [0.2, 0.25) is 0 Å². The molecule has 18 heavy (non-hydrogen) atoms. The van der Waals surface area contributed by atoms with Gasteiger partial charge < -0.3 is 16.0 Å². The standard InChI is InChI=1S/C13H21N5/c1-2-6-15-12-9-13(18-10-17-12)16-8-5-11-4-3-7-14-11/h2,9-11,14H,1,3-8H2,(H2,15,16,17,18). The molecule has 1 fully saturated rings. The van der Waals surface area contributed by atoms with E-state index in [1.807, 2.05) is 6.07 Å². The molecule has 0 radical (unpaired) electrons. The largest absolute Gasteiger partial charge is 0.370 e. The zero-order valence-electron chi connectivity index (χ0n) is 10.7. The normalized spacial score (nSPS) is 18.6. The summed E-state index contributed by atoms with van der Waals surface area (Å²) in [5.74, 6) is 1.70. The Morgan fingerprint density at radius 1 is 1.39 bits per heavy atom. The Balaban J connectivity index is 1.75. The molecular formula is C13H21N5. The highest BCUT2D eigenvalue weighted by atomic mass is 15.1. The molecule has 0 aliphatic carbocycles. The van der Waals surface area contributed by atoms with Gasteiger partial charge in [0.1, 0.15) is 18.0 Å². The maximum absolute atomic E-state index is 4.20. The number of aromatic nitrogens is 2. The van der Waals surface area contributed by atoms with Crippen LogP contribution in [-0.2, 0) is 0 Å². The lowest BCUT2D eigenvalue weighted by Gasteiger charge is -2.11. The van der Waals surface area contributed by atoms with Crippen LogP contribution in [0.5, 0.6) is 0 Å². The molecule has 5 nitrogen and oxygen atoms in total. The fourth-order valence-corrected chi connectivity index (χ4v) is 2.10. The van der Waals surface area contributed by atoms with Crippen molar-refractivity contribution in [3.05, 3.63) is 25.0 Å². The van der Waals surface area contributed by atoms with Crippen molar-refractivity contribution in [1.82, 2.24) is 15.3 Å². The van der Waals surface area contributed by atoms with E-state index in [0.29, 0.717) is 12.6 Å². The topological polar surface area (TPSA) is 61.9 Å². The van der Waals surface area contributed by atoms with Crippen molar-refractivity contribution in [3.63, 3.8) is 0 Å². The van der Waals surface area contributed by atoms with Crippen LogP contribution in [0, 0.1) is 0 Å². The van der Waals surface area contributed by atoms with E-state index in [4.69, 9.17) is 0 Å². The molecule has 0 saturated carbocycles. The quantitative estimate of drug-likeness (QED) is 0.639. The van der Waals surface area contributed by atoms with Crippen molar-refractivity contribution in [1.29, 1.82) is 0 Å². The van der Waals surface area contributed by atoms with Crippen molar-refractivity contribution in [2.75, 3.05) is 30.3 Å². The van der Waals surface area contributed by atoms with E-state index < -0.39 is 0 Å². The molecule has 2 heterocycles. The van der Waals surface area contributed by atoms with Gasteiger partial charge in [0.05, 0.1) is 0 Å². The summed E-state index contributed by atoms with van der Waals surface area (Å²) in [7, 11) is 0. The van der Waals surface area contributed by atoms with Crippen LogP contribution in [-0.4, -0.2) is 35.6 Å². The minimum atomic E-state index is 0.665. The summed E-state index contributed by atoms with van der Waals surface area (Å²) in [6.45, 7) is 6.47. The van der Waals surface area contributed by atoms with Gasteiger partial charge in [0.25, 0.3) is 0 Å². The number of nitrogens with zero attached hydrogens (tertiary/aromatic N) is 2. The maximum atomic E-state index is 4.20. The van der Waals surface area contributed by atoms with Gasteiger partial charge in [-0.15, -0.1) is 6.58 Å². The second kappa shape index (κ2) is 6.96. The molecule has 98 valence electrons. The number of nitrogens with one attached hydrogen (secondary N) is 3. The van der Waals surface area contributed by atoms with Crippen LogP contribution in [0.15, 0.2) is 25.0 Å². The van der Waals surface area contributed by atoms with Gasteiger partial charge in [-0.25, -0.2) is 9.97 Å². The van der Waals surface area contributed by atoms with Crippen LogP contribution in [0.3, 0.4) is 0 Å². The molecule has 5 heteroatoms. The summed E-state index contributed by atoms with van der Waals surface area (Å²) in [6, 6.07) is 2.59. The molecule has 2 rings (SSSR count). The molecule has 0 spiro atoms. The van der Waals surface area contributed by atoms with Crippen LogP contribution >= 0.6 is 0 Å². The first-order valence-electron chi connectivity index (χ1n) is 6.52. The van der Waals surface area contributed by atoms with Crippen molar-refractivity contribution >= 4 is 11.6 Å². The molecule has 3 N–H and O–H groups in total. The molecule has 1 aliphatic rings. The summed E-state index contributed by atoms with van der Waals surface area (Å²) in [6.07, 6.45) is 7.10. The summed E-state index contributed by atoms with van der Waals surface area (Å²) < 4.78 is 0. The lowest BCUT2D eigenvalue weighted by molar-refractivity contribution is 0.574. The van der Waals surface area contributed by atoms with Gasteiger partial charge in [-0.1, -0.05) is 6.08 Å². The monoisotopic (exact) mass is 247 g/mol. The molecule has 1 atom stereocenters. The predicted molar refractivity (Wildman–Crippen MR) is 74.9 cm³/mol. The lowest BCUT2D eigenvalue weighted by Crippen LogP contribution is -2.24. The summed E-state index contributed by atoms with van der Waals surface area (Å²) in [5, 5.41) is 9.96. The van der Waals surface area contributed by atoms with Gasteiger partial charge in [0.15, 0.2) is 0 Å². The molecular weight excluding hydrogens is 226 g/mol. The van der Waals surface area contributed by atoms with Crippen LogP contribution in [0.25, 0.3) is 0 Å². The van der Waals surface area contributed by atoms with Gasteiger partial charge in [-0.3, -0.25) is 0 Å². The highest BCUT2D eigenvalue weighted by Crippen LogP contribution is 2.11. The smallest absolute Gasteiger partial charge is 0.131 e. The number of rotatable bonds is 7. The molecule has 1 saturated heterocycles. The Hall–Kier alpha value is -1.62. The van der Waals surface area contributed by atoms with E-state index in [1.165, 1.54) is 12.8 Å². The summed E-state index contributed by atoms with van der Waals surface area (Å²) >= 11 is 0. The van der Waals surface area contributed by atoms with Gasteiger partial charge >= 0.3 is 0 Å². The fourth-order valence-electron chi connectivity index (χ4n) is 2.10. The zero-order chi connectivity index (χ0) is 12.6. The SMILES string of the molecule is C=CCNc1cc(NCCC2CCCN2)ncn1. The van der Waals surface area contributed by atoms with E-state index in [1.54, 1.807) is 12.4 Å². The van der Waals surface area contributed by atoms with Crippen LogP contribution in [0.2, 0.25) is 0 Å². The van der Waals surface area contributed by atoms with E-state index in [0.717, 1.165) is 31.1 Å². The number of anilines is 2. The van der Waals surface area contributed by atoms with Gasteiger partial charge in [-0.05, 0) is 25.8 Å². The second-order valence-electron chi connectivity index (χ2n) is 4.47. The zero-order valence-corrected chi connectivity index (χ0v) is 10.7. The molecule has 0 aromatic carbocycles. The van der Waals surface area contributed by atoms with Crippen molar-refractivity contribution < 1.29 is 0 Å². The molecule has 1 unspecified atom stereocenters. The molecule has 0 amide bonds. The first-order valence-corrected chi connectivity index (χ1v) is 6.52. The third kappa shape index (κ3) is 4.00. The van der Waals surface area contributed by atoms with Crippen LogP contribution in [0.1, 0.15) is 19.3 Å². The van der Waals surface area contributed by atoms with E-state index >= 15 is 0 Å². The number of hydrogen-bond donors (Lipinski definition) is 3. The maximum Gasteiger partial charge on any atom is 0.131 e. The summed E-state index contributed by atoms with van der Waals surface area (Å²) in [5.41, 5.74) is 0. The Bertz CT molecular complexity index is 373. The highest BCUT2D eigenvalue weighted by Gasteiger charge is 2.12. The third-order valence-electron chi connectivity index (χ3n) is 3.06. The van der Waals surface area contributed by atoms with Gasteiger partial charge in [-0.2, -0.15) is 0 Å². The Kier molecular flexibility index (Phi) is 4.96. The minimum absolute atomic E-state index is 0.665. The highest BCUT2D eigenvalue weighted by molar-refractivity contribution is 5.46. The fraction of sp³-hybridized carbons (Fsp3) is 0.538. The average Bonchev–Trinajstić information content (AvgIpc) is 2.90. The Morgan fingerprint density at radius 2 is 2.22 bits per heavy atom. The molecule has 0 bridgehead atoms. The first-order chi connectivity index (χ1) is 8.88. The van der Waals surface area contributed by atoms with E-state index in [-0.39, 0.29) is 0 Å². The van der Waals surface area contributed by atoms with Crippen LogP contribution in [0.4, 0.5) is 11.6 Å². The third-order valence-corrected chi connectivity index (χ3v) is 3.06. The second-order valence-corrected chi connectivity index (χ2v) is 4.47. The summed E-state index contributed by atoms with van der Waals surface area (Å²) in [4.78, 5) is 8.34. The van der Waals surface area contributed by atoms with E-state index in [9.17, 15) is 0 Å². The molecule has 1 aromatic rings. The van der Waals surface area contributed by atoms with Crippen LogP contribution < -0.4 is 16.0 Å². The Labute approximate surface area is 108 Å². The van der Waals surface area contributed by atoms with Crippen molar-refractivity contribution in [2.45, 2.75) is 25.3 Å².